The number of hydrogen-bond acceptors (Lipinski definition) is 3. The van der Waals surface area contributed by atoms with E-state index in [1.807, 2.05) is 24.3 Å². The van der Waals surface area contributed by atoms with Crippen molar-refractivity contribution in [3.63, 3.8) is 0 Å². The second-order valence-electron chi connectivity index (χ2n) is 7.88. The van der Waals surface area contributed by atoms with E-state index in [0.717, 1.165) is 28.2 Å². The minimum absolute atomic E-state index is 0.203. The molecule has 4 aromatic carbocycles. The number of benzene rings is 4. The molecule has 0 aliphatic carbocycles. The summed E-state index contributed by atoms with van der Waals surface area (Å²) in [4.78, 5) is 4.94. The molecule has 2 unspecified atom stereocenters. The van der Waals surface area contributed by atoms with Crippen LogP contribution in [0.3, 0.4) is 0 Å². The van der Waals surface area contributed by atoms with Gasteiger partial charge in [0.25, 0.3) is 0 Å². The highest BCUT2D eigenvalue weighted by molar-refractivity contribution is 6.22. The first kappa shape index (κ1) is 19.1. The Morgan fingerprint density at radius 3 is 2.22 bits per heavy atom. The van der Waals surface area contributed by atoms with Crippen LogP contribution in [-0.4, -0.2) is 16.0 Å². The predicted octanol–water partition coefficient (Wildman–Crippen LogP) is 5.94. The maximum absolute atomic E-state index is 6.51. The zero-order valence-corrected chi connectivity index (χ0v) is 18.0. The summed E-state index contributed by atoms with van der Waals surface area (Å²) in [5.41, 5.74) is 5.13. The highest BCUT2D eigenvalue weighted by Gasteiger charge is 2.23. The molecule has 0 saturated carbocycles. The number of nitrogens with zero attached hydrogens (tertiary/aromatic N) is 2. The van der Waals surface area contributed by atoms with E-state index < -0.39 is 5.62 Å². The molecule has 156 valence electrons. The topological polar surface area (TPSA) is 41.4 Å². The van der Waals surface area contributed by atoms with E-state index in [4.69, 9.17) is 16.6 Å². The van der Waals surface area contributed by atoms with E-state index in [1.165, 1.54) is 16.3 Å². The number of rotatable bonds is 3. The minimum Gasteiger partial charge on any atom is -0.342 e. The SMILES string of the molecule is ClC1NC(c2ccc3c4ccccc4n(-c4ccccc4)c3c2)=NC(c2ccccc2)N1. The number of halogens is 1. The second kappa shape index (κ2) is 7.83. The summed E-state index contributed by atoms with van der Waals surface area (Å²) in [6, 6.07) is 35.6. The van der Waals surface area contributed by atoms with Gasteiger partial charge in [-0.2, -0.15) is 0 Å². The van der Waals surface area contributed by atoms with E-state index in [0.29, 0.717) is 0 Å². The van der Waals surface area contributed by atoms with Crippen LogP contribution < -0.4 is 10.6 Å². The van der Waals surface area contributed by atoms with E-state index in [-0.39, 0.29) is 6.17 Å². The first-order valence-electron chi connectivity index (χ1n) is 10.7. The Morgan fingerprint density at radius 1 is 0.719 bits per heavy atom. The molecule has 0 spiro atoms. The lowest BCUT2D eigenvalue weighted by molar-refractivity contribution is 0.483. The standard InChI is InChI=1S/C27H21ClN4/c28-27-30-25(18-9-3-1-4-10-18)29-26(31-27)19-15-16-22-21-13-7-8-14-23(21)32(24(22)17-19)20-11-5-2-6-12-20/h1-17,25,27,30H,(H,29,31). The number of aliphatic imine (C=N–C) groups is 1. The molecule has 0 radical (unpaired) electrons. The van der Waals surface area contributed by atoms with E-state index in [9.17, 15) is 0 Å². The highest BCUT2D eigenvalue weighted by Crippen LogP contribution is 2.33. The number of alkyl halides is 1. The van der Waals surface area contributed by atoms with Gasteiger partial charge in [0.05, 0.1) is 11.0 Å². The maximum atomic E-state index is 6.51. The Bertz CT molecular complexity index is 1440. The predicted molar refractivity (Wildman–Crippen MR) is 132 cm³/mol. The summed E-state index contributed by atoms with van der Waals surface area (Å²) in [6.45, 7) is 0. The molecule has 0 bridgehead atoms. The summed E-state index contributed by atoms with van der Waals surface area (Å²) in [6.07, 6.45) is -0.203. The summed E-state index contributed by atoms with van der Waals surface area (Å²) in [7, 11) is 0. The van der Waals surface area contributed by atoms with Crippen molar-refractivity contribution in [2.45, 2.75) is 11.8 Å². The van der Waals surface area contributed by atoms with E-state index in [1.54, 1.807) is 0 Å². The quantitative estimate of drug-likeness (QED) is 0.271. The number of aromatic nitrogens is 1. The van der Waals surface area contributed by atoms with Gasteiger partial charge in [0.15, 0.2) is 5.62 Å². The number of para-hydroxylation sites is 2. The lowest BCUT2D eigenvalue weighted by atomic mass is 10.1. The molecule has 0 fully saturated rings. The highest BCUT2D eigenvalue weighted by atomic mass is 35.5. The van der Waals surface area contributed by atoms with Crippen molar-refractivity contribution < 1.29 is 0 Å². The summed E-state index contributed by atoms with van der Waals surface area (Å²) in [5.74, 6) is 0.782. The first-order chi connectivity index (χ1) is 15.8. The average Bonchev–Trinajstić information content (AvgIpc) is 3.18. The Labute approximate surface area is 191 Å². The van der Waals surface area contributed by atoms with Crippen molar-refractivity contribution >= 4 is 39.2 Å². The van der Waals surface area contributed by atoms with Crippen molar-refractivity contribution in [2.75, 3.05) is 0 Å². The van der Waals surface area contributed by atoms with Gasteiger partial charge >= 0.3 is 0 Å². The molecule has 2 N–H and O–H groups in total. The fourth-order valence-electron chi connectivity index (χ4n) is 4.44. The van der Waals surface area contributed by atoms with Crippen LogP contribution in [0.4, 0.5) is 0 Å². The third-order valence-electron chi connectivity index (χ3n) is 5.90. The van der Waals surface area contributed by atoms with Crippen molar-refractivity contribution in [1.29, 1.82) is 0 Å². The van der Waals surface area contributed by atoms with Gasteiger partial charge in [-0.3, -0.25) is 5.32 Å². The van der Waals surface area contributed by atoms with Gasteiger partial charge in [0.2, 0.25) is 0 Å². The molecule has 2 atom stereocenters. The van der Waals surface area contributed by atoms with Gasteiger partial charge in [0.1, 0.15) is 12.0 Å². The second-order valence-corrected chi connectivity index (χ2v) is 8.32. The Kier molecular flexibility index (Phi) is 4.67. The van der Waals surface area contributed by atoms with Crippen LogP contribution in [0.5, 0.6) is 0 Å². The Hall–Kier alpha value is -3.60. The van der Waals surface area contributed by atoms with Gasteiger partial charge in [-0.1, -0.05) is 90.5 Å². The van der Waals surface area contributed by atoms with Crippen molar-refractivity contribution in [3.05, 3.63) is 114 Å². The van der Waals surface area contributed by atoms with E-state index >= 15 is 0 Å². The molecule has 4 nitrogen and oxygen atoms in total. The first-order valence-corrected chi connectivity index (χ1v) is 11.1. The number of nitrogens with one attached hydrogen (secondary N) is 2. The lowest BCUT2D eigenvalue weighted by Crippen LogP contribution is -2.47. The van der Waals surface area contributed by atoms with Crippen LogP contribution in [0.15, 0.2) is 108 Å². The molecule has 1 aliphatic rings. The maximum Gasteiger partial charge on any atom is 0.158 e. The minimum atomic E-state index is -0.414. The summed E-state index contributed by atoms with van der Waals surface area (Å²) in [5, 5.41) is 9.02. The molecule has 32 heavy (non-hydrogen) atoms. The van der Waals surface area contributed by atoms with Crippen LogP contribution in [-0.2, 0) is 0 Å². The number of fused-ring (bicyclic) bond motifs is 3. The van der Waals surface area contributed by atoms with Crippen LogP contribution in [0, 0.1) is 0 Å². The van der Waals surface area contributed by atoms with Gasteiger partial charge in [-0.05, 0) is 29.8 Å². The normalized spacial score (nSPS) is 18.5. The third kappa shape index (κ3) is 3.25. The fraction of sp³-hybridized carbons (Fsp3) is 0.0741. The van der Waals surface area contributed by atoms with Crippen LogP contribution in [0.25, 0.3) is 27.5 Å². The van der Waals surface area contributed by atoms with Gasteiger partial charge < -0.3 is 9.88 Å². The van der Waals surface area contributed by atoms with Crippen LogP contribution >= 0.6 is 11.6 Å². The zero-order chi connectivity index (χ0) is 21.5. The van der Waals surface area contributed by atoms with Gasteiger partial charge in [0, 0.05) is 22.0 Å². The van der Waals surface area contributed by atoms with Gasteiger partial charge in [-0.25, -0.2) is 4.99 Å². The molecular weight excluding hydrogens is 416 g/mol. The zero-order valence-electron chi connectivity index (χ0n) is 17.2. The molecule has 6 rings (SSSR count). The van der Waals surface area contributed by atoms with Crippen molar-refractivity contribution in [3.8, 4) is 5.69 Å². The Balaban J connectivity index is 1.54. The number of amidine groups is 1. The van der Waals surface area contributed by atoms with Crippen molar-refractivity contribution in [2.24, 2.45) is 4.99 Å². The molecule has 1 aliphatic heterocycles. The largest absolute Gasteiger partial charge is 0.342 e. The molecule has 0 saturated heterocycles. The third-order valence-corrected chi connectivity index (χ3v) is 6.14. The molecule has 0 amide bonds. The molecule has 5 heteroatoms. The lowest BCUT2D eigenvalue weighted by Gasteiger charge is -2.28. The van der Waals surface area contributed by atoms with E-state index in [2.05, 4.69) is 94.1 Å². The number of hydrogen-bond donors (Lipinski definition) is 2. The summed E-state index contributed by atoms with van der Waals surface area (Å²) >= 11 is 6.51. The average molecular weight is 437 g/mol. The smallest absolute Gasteiger partial charge is 0.158 e. The summed E-state index contributed by atoms with van der Waals surface area (Å²) < 4.78 is 2.31. The Morgan fingerprint density at radius 2 is 1.41 bits per heavy atom. The molecule has 5 aromatic rings. The fourth-order valence-corrected chi connectivity index (χ4v) is 4.66. The van der Waals surface area contributed by atoms with Crippen molar-refractivity contribution in [1.82, 2.24) is 15.2 Å². The van der Waals surface area contributed by atoms with Crippen LogP contribution in [0.1, 0.15) is 17.3 Å². The molecule has 1 aromatic heterocycles. The molecule has 2 heterocycles. The monoisotopic (exact) mass is 436 g/mol. The van der Waals surface area contributed by atoms with Crippen LogP contribution in [0.2, 0.25) is 0 Å². The van der Waals surface area contributed by atoms with Gasteiger partial charge in [-0.15, -0.1) is 0 Å². The molecular formula is C27H21ClN4.